The normalized spacial score (nSPS) is 10.4. The van der Waals surface area contributed by atoms with Crippen molar-refractivity contribution >= 4 is 17.6 Å². The molecule has 0 fully saturated rings. The van der Waals surface area contributed by atoms with Gasteiger partial charge in [0.1, 0.15) is 0 Å². The Hall–Kier alpha value is -2.01. The second-order valence-corrected chi connectivity index (χ2v) is 3.86. The molecule has 2 aromatic rings. The quantitative estimate of drug-likeness (QED) is 0.909. The van der Waals surface area contributed by atoms with E-state index in [9.17, 15) is 13.6 Å². The smallest absolute Gasteiger partial charge is 0.338 e. The number of aromatic carboxylic acids is 1. The monoisotopic (exact) mass is 269 g/mol. The molecule has 0 atom stereocenters. The zero-order chi connectivity index (χ0) is 13.3. The second kappa shape index (κ2) is 4.70. The standard InChI is InChI=1S/C12H6ClF2NO2/c13-8-4-10(16-5-7(8)12(17)18)6-2-1-3-9(14)11(6)15/h1-5H,(H,17,18). The Morgan fingerprint density at radius 1 is 1.33 bits per heavy atom. The molecule has 1 aromatic heterocycles. The summed E-state index contributed by atoms with van der Waals surface area (Å²) in [6, 6.07) is 4.82. The van der Waals surface area contributed by atoms with Gasteiger partial charge in [-0.25, -0.2) is 13.6 Å². The van der Waals surface area contributed by atoms with E-state index >= 15 is 0 Å². The molecule has 1 aromatic carbocycles. The van der Waals surface area contributed by atoms with E-state index in [0.29, 0.717) is 0 Å². The zero-order valence-electron chi connectivity index (χ0n) is 8.82. The summed E-state index contributed by atoms with van der Waals surface area (Å²) in [5.41, 5.74) is -0.201. The fraction of sp³-hybridized carbons (Fsp3) is 0. The maximum absolute atomic E-state index is 13.5. The van der Waals surface area contributed by atoms with Gasteiger partial charge in [0.05, 0.1) is 16.3 Å². The first-order valence-electron chi connectivity index (χ1n) is 4.84. The number of pyridine rings is 1. The van der Waals surface area contributed by atoms with Crippen molar-refractivity contribution in [1.29, 1.82) is 0 Å². The average Bonchev–Trinajstić information content (AvgIpc) is 2.32. The molecule has 1 heterocycles. The van der Waals surface area contributed by atoms with Crippen molar-refractivity contribution in [2.24, 2.45) is 0 Å². The van der Waals surface area contributed by atoms with Crippen molar-refractivity contribution < 1.29 is 18.7 Å². The first-order valence-corrected chi connectivity index (χ1v) is 5.21. The number of benzene rings is 1. The number of hydrogen-bond donors (Lipinski definition) is 1. The summed E-state index contributed by atoms with van der Waals surface area (Å²) >= 11 is 5.73. The summed E-state index contributed by atoms with van der Waals surface area (Å²) in [5.74, 6) is -3.30. The van der Waals surface area contributed by atoms with Crippen LogP contribution in [0.5, 0.6) is 0 Å². The summed E-state index contributed by atoms with van der Waals surface area (Å²) in [7, 11) is 0. The molecule has 0 saturated carbocycles. The van der Waals surface area contributed by atoms with Gasteiger partial charge in [0, 0.05) is 11.8 Å². The third kappa shape index (κ3) is 2.17. The summed E-state index contributed by atoms with van der Waals surface area (Å²) in [4.78, 5) is 14.5. The summed E-state index contributed by atoms with van der Waals surface area (Å²) in [5, 5.41) is 8.68. The van der Waals surface area contributed by atoms with Crippen molar-refractivity contribution in [3.05, 3.63) is 52.7 Å². The number of carboxylic acid groups (broad SMARTS) is 1. The maximum Gasteiger partial charge on any atom is 0.338 e. The molecule has 0 radical (unpaired) electrons. The molecule has 18 heavy (non-hydrogen) atoms. The number of hydrogen-bond acceptors (Lipinski definition) is 2. The predicted molar refractivity (Wildman–Crippen MR) is 61.6 cm³/mol. The van der Waals surface area contributed by atoms with Crippen LogP contribution < -0.4 is 0 Å². The van der Waals surface area contributed by atoms with Crippen molar-refractivity contribution in [1.82, 2.24) is 4.98 Å². The van der Waals surface area contributed by atoms with Gasteiger partial charge in [0.15, 0.2) is 11.6 Å². The lowest BCUT2D eigenvalue weighted by Crippen LogP contribution is -2.00. The summed E-state index contributed by atoms with van der Waals surface area (Å²) in [6.07, 6.45) is 1.00. The maximum atomic E-state index is 13.5. The van der Waals surface area contributed by atoms with Crippen molar-refractivity contribution in [3.63, 3.8) is 0 Å². The van der Waals surface area contributed by atoms with Crippen LogP contribution in [0.15, 0.2) is 30.5 Å². The topological polar surface area (TPSA) is 50.2 Å². The van der Waals surface area contributed by atoms with Crippen molar-refractivity contribution in [2.45, 2.75) is 0 Å². The van der Waals surface area contributed by atoms with Gasteiger partial charge in [0.2, 0.25) is 0 Å². The van der Waals surface area contributed by atoms with Crippen LogP contribution in [0, 0.1) is 11.6 Å². The number of carboxylic acids is 1. The predicted octanol–water partition coefficient (Wildman–Crippen LogP) is 3.38. The molecule has 0 unspecified atom stereocenters. The van der Waals surface area contributed by atoms with E-state index in [1.807, 2.05) is 0 Å². The second-order valence-electron chi connectivity index (χ2n) is 3.46. The third-order valence-electron chi connectivity index (χ3n) is 2.31. The molecule has 0 amide bonds. The Balaban J connectivity index is 2.56. The largest absolute Gasteiger partial charge is 0.478 e. The Labute approximate surface area is 106 Å². The molecule has 1 N–H and O–H groups in total. The number of halogens is 3. The van der Waals surface area contributed by atoms with E-state index in [0.717, 1.165) is 12.3 Å². The van der Waals surface area contributed by atoms with Crippen LogP contribution in [0.25, 0.3) is 11.3 Å². The third-order valence-corrected chi connectivity index (χ3v) is 2.62. The molecule has 0 aliphatic heterocycles. The first kappa shape index (κ1) is 12.4. The number of aromatic nitrogens is 1. The minimum Gasteiger partial charge on any atom is -0.478 e. The molecular weight excluding hydrogens is 264 g/mol. The molecule has 0 aliphatic carbocycles. The summed E-state index contributed by atoms with van der Waals surface area (Å²) in [6.45, 7) is 0. The lowest BCUT2D eigenvalue weighted by molar-refractivity contribution is 0.0696. The van der Waals surface area contributed by atoms with E-state index in [1.54, 1.807) is 0 Å². The van der Waals surface area contributed by atoms with Crippen molar-refractivity contribution in [3.8, 4) is 11.3 Å². The van der Waals surface area contributed by atoms with Crippen LogP contribution in [0.1, 0.15) is 10.4 Å². The lowest BCUT2D eigenvalue weighted by Gasteiger charge is -2.05. The zero-order valence-corrected chi connectivity index (χ0v) is 9.58. The van der Waals surface area contributed by atoms with Gasteiger partial charge in [-0.05, 0) is 18.2 Å². The van der Waals surface area contributed by atoms with Crippen LogP contribution in [0.3, 0.4) is 0 Å². The van der Waals surface area contributed by atoms with Gasteiger partial charge < -0.3 is 5.11 Å². The van der Waals surface area contributed by atoms with Gasteiger partial charge in [-0.1, -0.05) is 17.7 Å². The first-order chi connectivity index (χ1) is 8.50. The number of carbonyl (C=O) groups is 1. The van der Waals surface area contributed by atoms with E-state index in [-0.39, 0.29) is 21.8 Å². The van der Waals surface area contributed by atoms with Gasteiger partial charge in [-0.2, -0.15) is 0 Å². The molecule has 6 heteroatoms. The number of nitrogens with zero attached hydrogens (tertiary/aromatic N) is 1. The van der Waals surface area contributed by atoms with Crippen LogP contribution in [0.2, 0.25) is 5.02 Å². The van der Waals surface area contributed by atoms with Gasteiger partial charge in [-0.15, -0.1) is 0 Å². The van der Waals surface area contributed by atoms with Crippen LogP contribution >= 0.6 is 11.6 Å². The average molecular weight is 270 g/mol. The Bertz CT molecular complexity index is 631. The van der Waals surface area contributed by atoms with Crippen molar-refractivity contribution in [2.75, 3.05) is 0 Å². The molecule has 92 valence electrons. The van der Waals surface area contributed by atoms with E-state index in [1.165, 1.54) is 18.2 Å². The molecule has 2 rings (SSSR count). The van der Waals surface area contributed by atoms with Gasteiger partial charge in [-0.3, -0.25) is 4.98 Å². The Morgan fingerprint density at radius 3 is 2.67 bits per heavy atom. The van der Waals surface area contributed by atoms with Crippen LogP contribution in [0.4, 0.5) is 8.78 Å². The molecule has 3 nitrogen and oxygen atoms in total. The molecular formula is C12H6ClF2NO2. The van der Waals surface area contributed by atoms with Crippen LogP contribution in [-0.2, 0) is 0 Å². The minimum atomic E-state index is -1.24. The lowest BCUT2D eigenvalue weighted by atomic mass is 10.1. The van der Waals surface area contributed by atoms with E-state index < -0.39 is 17.6 Å². The SMILES string of the molecule is O=C(O)c1cnc(-c2cccc(F)c2F)cc1Cl. The molecule has 0 saturated heterocycles. The van der Waals surface area contributed by atoms with Crippen LogP contribution in [-0.4, -0.2) is 16.1 Å². The molecule has 0 spiro atoms. The Morgan fingerprint density at radius 2 is 2.06 bits per heavy atom. The van der Waals surface area contributed by atoms with E-state index in [4.69, 9.17) is 16.7 Å². The molecule has 0 aliphatic rings. The van der Waals surface area contributed by atoms with E-state index in [2.05, 4.69) is 4.98 Å². The molecule has 0 bridgehead atoms. The Kier molecular flexibility index (Phi) is 3.25. The highest BCUT2D eigenvalue weighted by atomic mass is 35.5. The highest BCUT2D eigenvalue weighted by Gasteiger charge is 2.14. The minimum absolute atomic E-state index is 0.0713. The highest BCUT2D eigenvalue weighted by Crippen LogP contribution is 2.26. The highest BCUT2D eigenvalue weighted by molar-refractivity contribution is 6.33. The van der Waals surface area contributed by atoms with Gasteiger partial charge >= 0.3 is 5.97 Å². The number of rotatable bonds is 2. The summed E-state index contributed by atoms with van der Waals surface area (Å²) < 4.78 is 26.5. The fourth-order valence-corrected chi connectivity index (χ4v) is 1.67. The fourth-order valence-electron chi connectivity index (χ4n) is 1.44. The van der Waals surface area contributed by atoms with Gasteiger partial charge in [0.25, 0.3) is 0 Å².